The van der Waals surface area contributed by atoms with Crippen LogP contribution >= 0.6 is 0 Å². The highest BCUT2D eigenvalue weighted by molar-refractivity contribution is 5.91. The molecule has 1 aliphatic carbocycles. The average Bonchev–Trinajstić information content (AvgIpc) is 2.78. The minimum absolute atomic E-state index is 0.167. The largest absolute Gasteiger partial charge is 0.478 e. The summed E-state index contributed by atoms with van der Waals surface area (Å²) < 4.78 is 4.81. The highest BCUT2D eigenvalue weighted by Crippen LogP contribution is 2.46. The van der Waals surface area contributed by atoms with Gasteiger partial charge in [-0.15, -0.1) is 0 Å². The van der Waals surface area contributed by atoms with Crippen LogP contribution in [0.4, 0.5) is 0 Å². The number of rotatable bonds is 7. The molecule has 0 aromatic heterocycles. The molecule has 174 valence electrons. The third-order valence-electron chi connectivity index (χ3n) is 6.74. The van der Waals surface area contributed by atoms with Gasteiger partial charge in [0, 0.05) is 6.08 Å². The number of aryl methyl sites for hydroxylation is 1. The van der Waals surface area contributed by atoms with Crippen molar-refractivity contribution in [2.24, 2.45) is 0 Å². The fraction of sp³-hybridized carbons (Fsp3) is 0.379. The zero-order valence-electron chi connectivity index (χ0n) is 20.3. The summed E-state index contributed by atoms with van der Waals surface area (Å²) in [5.41, 5.74) is 6.51. The van der Waals surface area contributed by atoms with Gasteiger partial charge in [-0.25, -0.2) is 9.59 Å². The summed E-state index contributed by atoms with van der Waals surface area (Å²) in [6.07, 6.45) is 8.72. The van der Waals surface area contributed by atoms with Crippen LogP contribution in [-0.4, -0.2) is 24.2 Å². The minimum atomic E-state index is -1.01. The van der Waals surface area contributed by atoms with Gasteiger partial charge >= 0.3 is 11.9 Å². The standard InChI is InChI=1S/C29H34O4/c1-28(2)16-17-29(3,4)25-18-20(12-14-24(25)28)8-6-9-21(13-15-26(30)31)22-10-7-11-23(19-22)27(32)33-5/h7,9-15,18-19H,6,8,16-17H2,1-5H3,(H,30,31)/b15-13-,21-9-. The third-order valence-corrected chi connectivity index (χ3v) is 6.74. The molecule has 0 fully saturated rings. The normalized spacial score (nSPS) is 16.9. The van der Waals surface area contributed by atoms with Crippen molar-refractivity contribution in [3.05, 3.63) is 88.5 Å². The van der Waals surface area contributed by atoms with Gasteiger partial charge in [-0.05, 0) is 82.5 Å². The summed E-state index contributed by atoms with van der Waals surface area (Å²) in [6, 6.07) is 13.9. The smallest absolute Gasteiger partial charge is 0.337 e. The third kappa shape index (κ3) is 5.81. The summed E-state index contributed by atoms with van der Waals surface area (Å²) in [6.45, 7) is 9.31. The minimum Gasteiger partial charge on any atom is -0.478 e. The van der Waals surface area contributed by atoms with E-state index >= 15 is 0 Å². The number of carbonyl (C=O) groups is 2. The van der Waals surface area contributed by atoms with Gasteiger partial charge < -0.3 is 9.84 Å². The van der Waals surface area contributed by atoms with Gasteiger partial charge in [0.2, 0.25) is 0 Å². The summed E-state index contributed by atoms with van der Waals surface area (Å²) >= 11 is 0. The molecule has 0 bridgehead atoms. The van der Waals surface area contributed by atoms with Crippen molar-refractivity contribution >= 4 is 17.5 Å². The van der Waals surface area contributed by atoms with E-state index in [2.05, 4.69) is 45.9 Å². The Morgan fingerprint density at radius 1 is 0.939 bits per heavy atom. The van der Waals surface area contributed by atoms with Crippen molar-refractivity contribution in [2.75, 3.05) is 7.11 Å². The summed E-state index contributed by atoms with van der Waals surface area (Å²) in [5.74, 6) is -1.43. The van der Waals surface area contributed by atoms with Crippen LogP contribution in [0.3, 0.4) is 0 Å². The van der Waals surface area contributed by atoms with Crippen molar-refractivity contribution in [3.63, 3.8) is 0 Å². The van der Waals surface area contributed by atoms with Crippen molar-refractivity contribution in [3.8, 4) is 0 Å². The van der Waals surface area contributed by atoms with Gasteiger partial charge in [-0.1, -0.05) is 64.1 Å². The van der Waals surface area contributed by atoms with Crippen LogP contribution in [-0.2, 0) is 26.8 Å². The summed E-state index contributed by atoms with van der Waals surface area (Å²) in [7, 11) is 1.34. The molecule has 2 aromatic carbocycles. The average molecular weight is 447 g/mol. The van der Waals surface area contributed by atoms with Crippen LogP contribution in [0.1, 0.15) is 79.6 Å². The number of ether oxygens (including phenoxy) is 1. The lowest BCUT2D eigenvalue weighted by Gasteiger charge is -2.42. The Labute approximate surface area is 197 Å². The van der Waals surface area contributed by atoms with Gasteiger partial charge in [0.1, 0.15) is 0 Å². The Hall–Kier alpha value is -3.14. The summed E-state index contributed by atoms with van der Waals surface area (Å²) in [5, 5.41) is 9.11. The van der Waals surface area contributed by atoms with Crippen LogP contribution in [0.15, 0.2) is 60.7 Å². The number of esters is 1. The quantitative estimate of drug-likeness (QED) is 0.300. The zero-order chi connectivity index (χ0) is 24.2. The molecule has 1 aliphatic rings. The molecule has 0 atom stereocenters. The maximum Gasteiger partial charge on any atom is 0.337 e. The SMILES string of the molecule is COC(=O)c1cccc(C(/C=C\C(=O)O)=C\CCc2ccc3c(c2)C(C)(C)CCC3(C)C)c1. The topological polar surface area (TPSA) is 63.6 Å². The molecule has 0 heterocycles. The first-order chi connectivity index (χ1) is 15.5. The van der Waals surface area contributed by atoms with Gasteiger partial charge in [0.05, 0.1) is 12.7 Å². The molecule has 3 rings (SSSR count). The van der Waals surface area contributed by atoms with E-state index in [1.54, 1.807) is 24.3 Å². The number of carbonyl (C=O) groups excluding carboxylic acids is 1. The van der Waals surface area contributed by atoms with Crippen LogP contribution in [0.5, 0.6) is 0 Å². The van der Waals surface area contributed by atoms with Crippen LogP contribution in [0.25, 0.3) is 5.57 Å². The van der Waals surface area contributed by atoms with E-state index in [1.165, 1.54) is 36.6 Å². The number of carboxylic acids is 1. The fourth-order valence-corrected chi connectivity index (χ4v) is 4.57. The van der Waals surface area contributed by atoms with Crippen molar-refractivity contribution in [1.82, 2.24) is 0 Å². The predicted octanol–water partition coefficient (Wildman–Crippen LogP) is 6.48. The highest BCUT2D eigenvalue weighted by atomic mass is 16.5. The Morgan fingerprint density at radius 2 is 1.61 bits per heavy atom. The lowest BCUT2D eigenvalue weighted by molar-refractivity contribution is -0.131. The summed E-state index contributed by atoms with van der Waals surface area (Å²) in [4.78, 5) is 23.0. The fourth-order valence-electron chi connectivity index (χ4n) is 4.57. The lowest BCUT2D eigenvalue weighted by atomic mass is 9.63. The first-order valence-electron chi connectivity index (χ1n) is 11.5. The number of aliphatic carboxylic acids is 1. The van der Waals surface area contributed by atoms with Gasteiger partial charge in [-0.3, -0.25) is 0 Å². The van der Waals surface area contributed by atoms with E-state index in [1.807, 2.05) is 12.1 Å². The Morgan fingerprint density at radius 3 is 2.27 bits per heavy atom. The molecule has 0 aliphatic heterocycles. The molecule has 4 heteroatoms. The monoisotopic (exact) mass is 446 g/mol. The number of benzene rings is 2. The van der Waals surface area contributed by atoms with E-state index in [9.17, 15) is 9.59 Å². The van der Waals surface area contributed by atoms with E-state index in [0.29, 0.717) is 5.56 Å². The van der Waals surface area contributed by atoms with E-state index in [0.717, 1.165) is 30.1 Å². The maximum atomic E-state index is 11.9. The van der Waals surface area contributed by atoms with Gasteiger partial charge in [0.15, 0.2) is 0 Å². The van der Waals surface area contributed by atoms with Crippen molar-refractivity contribution in [1.29, 1.82) is 0 Å². The second-order valence-electron chi connectivity index (χ2n) is 10.1. The molecule has 1 N–H and O–H groups in total. The molecular weight excluding hydrogens is 412 g/mol. The number of allylic oxidation sites excluding steroid dienone is 3. The number of hydrogen-bond acceptors (Lipinski definition) is 3. The molecule has 0 unspecified atom stereocenters. The molecular formula is C29H34O4. The highest BCUT2D eigenvalue weighted by Gasteiger charge is 2.36. The molecule has 0 saturated heterocycles. The molecule has 0 radical (unpaired) electrons. The van der Waals surface area contributed by atoms with Crippen molar-refractivity contribution < 1.29 is 19.4 Å². The maximum absolute atomic E-state index is 11.9. The van der Waals surface area contributed by atoms with Gasteiger partial charge in [0.25, 0.3) is 0 Å². The zero-order valence-corrected chi connectivity index (χ0v) is 20.3. The van der Waals surface area contributed by atoms with E-state index < -0.39 is 11.9 Å². The molecule has 0 spiro atoms. The first kappa shape index (κ1) is 24.5. The first-order valence-corrected chi connectivity index (χ1v) is 11.5. The van der Waals surface area contributed by atoms with Crippen LogP contribution in [0, 0.1) is 0 Å². The predicted molar refractivity (Wildman–Crippen MR) is 133 cm³/mol. The van der Waals surface area contributed by atoms with Crippen molar-refractivity contribution in [2.45, 2.75) is 64.2 Å². The molecule has 2 aromatic rings. The number of hydrogen-bond donors (Lipinski definition) is 1. The lowest BCUT2D eigenvalue weighted by Crippen LogP contribution is -2.33. The number of methoxy groups -OCH3 is 1. The Bertz CT molecular complexity index is 1100. The van der Waals surface area contributed by atoms with Crippen LogP contribution < -0.4 is 0 Å². The Balaban J connectivity index is 1.86. The molecule has 33 heavy (non-hydrogen) atoms. The Kier molecular flexibility index (Phi) is 7.26. The molecule has 0 amide bonds. The second kappa shape index (κ2) is 9.78. The molecule has 0 saturated carbocycles. The number of fused-ring (bicyclic) bond motifs is 1. The molecule has 4 nitrogen and oxygen atoms in total. The van der Waals surface area contributed by atoms with E-state index in [-0.39, 0.29) is 10.8 Å². The van der Waals surface area contributed by atoms with Crippen LogP contribution in [0.2, 0.25) is 0 Å². The number of carboxylic acid groups (broad SMARTS) is 1. The van der Waals surface area contributed by atoms with E-state index in [4.69, 9.17) is 9.84 Å². The van der Waals surface area contributed by atoms with Gasteiger partial charge in [-0.2, -0.15) is 0 Å². The second-order valence-corrected chi connectivity index (χ2v) is 10.1.